The van der Waals surface area contributed by atoms with Gasteiger partial charge in [-0.15, -0.1) is 0 Å². The van der Waals surface area contributed by atoms with Gasteiger partial charge in [0.1, 0.15) is 5.75 Å². The van der Waals surface area contributed by atoms with E-state index in [1.165, 1.54) is 13.2 Å². The van der Waals surface area contributed by atoms with Crippen molar-refractivity contribution in [3.05, 3.63) is 52.5 Å². The van der Waals surface area contributed by atoms with Crippen molar-refractivity contribution in [1.29, 1.82) is 0 Å². The Morgan fingerprint density at radius 2 is 1.95 bits per heavy atom. The number of rotatable bonds is 5. The molecule has 0 bridgehead atoms. The Morgan fingerprint density at radius 1 is 1.24 bits per heavy atom. The summed E-state index contributed by atoms with van der Waals surface area (Å²) in [5.41, 5.74) is 0.700. The minimum atomic E-state index is -3.80. The molecule has 112 valence electrons. The molecule has 0 amide bonds. The minimum absolute atomic E-state index is 0.0437. The molecule has 0 aliphatic carbocycles. The van der Waals surface area contributed by atoms with Crippen LogP contribution in [0, 0.1) is 0 Å². The zero-order valence-corrected chi connectivity index (χ0v) is 13.6. The number of halogens is 1. The largest absolute Gasteiger partial charge is 0.497 e. The first-order chi connectivity index (χ1) is 9.97. The zero-order valence-electron chi connectivity index (χ0n) is 11.2. The van der Waals surface area contributed by atoms with Gasteiger partial charge in [0.05, 0.1) is 24.3 Å². The highest BCUT2D eigenvalue weighted by Gasteiger charge is 2.19. The van der Waals surface area contributed by atoms with Gasteiger partial charge in [0.2, 0.25) is 0 Å². The molecule has 5 nitrogen and oxygen atoms in total. The van der Waals surface area contributed by atoms with E-state index in [1.807, 2.05) is 0 Å². The molecule has 0 heterocycles. The highest BCUT2D eigenvalue weighted by atomic mass is 79.9. The van der Waals surface area contributed by atoms with E-state index in [-0.39, 0.29) is 11.5 Å². The summed E-state index contributed by atoms with van der Waals surface area (Å²) in [4.78, 5) is 0.0437. The van der Waals surface area contributed by atoms with Crippen molar-refractivity contribution in [2.75, 3.05) is 11.8 Å². The van der Waals surface area contributed by atoms with Gasteiger partial charge in [-0.2, -0.15) is 0 Å². The number of nitrogens with one attached hydrogen (secondary N) is 1. The van der Waals surface area contributed by atoms with Crippen molar-refractivity contribution in [3.8, 4) is 5.75 Å². The average molecular weight is 372 g/mol. The van der Waals surface area contributed by atoms with Gasteiger partial charge in [-0.25, -0.2) is 8.42 Å². The number of methoxy groups -OCH3 is 1. The summed E-state index contributed by atoms with van der Waals surface area (Å²) in [6.45, 7) is -0.351. The third-order valence-corrected chi connectivity index (χ3v) is 5.01. The fourth-order valence-corrected chi connectivity index (χ4v) is 3.59. The number of benzene rings is 2. The first-order valence-corrected chi connectivity index (χ1v) is 8.30. The van der Waals surface area contributed by atoms with Gasteiger partial charge >= 0.3 is 0 Å². The fraction of sp³-hybridized carbons (Fsp3) is 0.143. The summed E-state index contributed by atoms with van der Waals surface area (Å²) in [5, 5.41) is 9.26. The molecule has 0 unspecified atom stereocenters. The Hall–Kier alpha value is -1.57. The van der Waals surface area contributed by atoms with E-state index in [2.05, 4.69) is 20.7 Å². The molecule has 0 saturated carbocycles. The second-order valence-electron chi connectivity index (χ2n) is 4.22. The van der Waals surface area contributed by atoms with Gasteiger partial charge < -0.3 is 9.84 Å². The molecule has 0 saturated heterocycles. The van der Waals surface area contributed by atoms with Gasteiger partial charge in [0, 0.05) is 10.5 Å². The van der Waals surface area contributed by atoms with Crippen LogP contribution in [0.2, 0.25) is 0 Å². The van der Waals surface area contributed by atoms with Crippen molar-refractivity contribution >= 4 is 31.6 Å². The molecule has 0 fully saturated rings. The SMILES string of the molecule is COc1ccc(Br)c(NS(=O)(=O)c2ccccc2CO)c1. The van der Waals surface area contributed by atoms with Crippen LogP contribution in [0.4, 0.5) is 5.69 Å². The molecule has 0 aliphatic heterocycles. The lowest BCUT2D eigenvalue weighted by Crippen LogP contribution is -2.15. The molecule has 21 heavy (non-hydrogen) atoms. The standard InChI is InChI=1S/C14H14BrNO4S/c1-20-11-6-7-12(15)13(8-11)16-21(18,19)14-5-3-2-4-10(14)9-17/h2-8,16-17H,9H2,1H3. The number of sulfonamides is 1. The van der Waals surface area contributed by atoms with Crippen LogP contribution in [0.1, 0.15) is 5.56 Å². The molecule has 2 rings (SSSR count). The molecule has 0 atom stereocenters. The lowest BCUT2D eigenvalue weighted by molar-refractivity contribution is 0.278. The Bertz CT molecular complexity index is 746. The highest BCUT2D eigenvalue weighted by molar-refractivity contribution is 9.10. The zero-order chi connectivity index (χ0) is 15.5. The summed E-state index contributed by atoms with van der Waals surface area (Å²) in [6.07, 6.45) is 0. The molecule has 2 N–H and O–H groups in total. The predicted molar refractivity (Wildman–Crippen MR) is 83.9 cm³/mol. The summed E-state index contributed by atoms with van der Waals surface area (Å²) in [6, 6.07) is 11.3. The number of aliphatic hydroxyl groups is 1. The molecule has 2 aromatic carbocycles. The van der Waals surface area contributed by atoms with E-state index in [4.69, 9.17) is 4.74 Å². The van der Waals surface area contributed by atoms with E-state index in [9.17, 15) is 13.5 Å². The third-order valence-electron chi connectivity index (χ3n) is 2.85. The van der Waals surface area contributed by atoms with Gasteiger partial charge in [-0.1, -0.05) is 18.2 Å². The van der Waals surface area contributed by atoms with Crippen LogP contribution >= 0.6 is 15.9 Å². The lowest BCUT2D eigenvalue weighted by atomic mass is 10.2. The maximum atomic E-state index is 12.4. The van der Waals surface area contributed by atoms with Crippen LogP contribution in [0.15, 0.2) is 51.8 Å². The highest BCUT2D eigenvalue weighted by Crippen LogP contribution is 2.29. The van der Waals surface area contributed by atoms with Gasteiger partial charge in [-0.05, 0) is 39.7 Å². The number of aliphatic hydroxyl groups excluding tert-OH is 1. The molecule has 7 heteroatoms. The van der Waals surface area contributed by atoms with Crippen molar-refractivity contribution in [3.63, 3.8) is 0 Å². The topological polar surface area (TPSA) is 75.6 Å². The first-order valence-electron chi connectivity index (χ1n) is 6.03. The summed E-state index contributed by atoms with van der Waals surface area (Å²) in [7, 11) is -2.30. The van der Waals surface area contributed by atoms with Crippen LogP contribution in [-0.2, 0) is 16.6 Å². The van der Waals surface area contributed by atoms with Gasteiger partial charge in [0.15, 0.2) is 0 Å². The Kier molecular flexibility index (Phi) is 4.87. The Balaban J connectivity index is 2.42. The molecule has 0 aliphatic rings. The van der Waals surface area contributed by atoms with Crippen molar-refractivity contribution < 1.29 is 18.3 Å². The van der Waals surface area contributed by atoms with Gasteiger partial charge in [0.25, 0.3) is 10.0 Å². The van der Waals surface area contributed by atoms with Crippen LogP contribution in [0.5, 0.6) is 5.75 Å². The van der Waals surface area contributed by atoms with Gasteiger partial charge in [-0.3, -0.25) is 4.72 Å². The van der Waals surface area contributed by atoms with E-state index in [0.717, 1.165) is 0 Å². The van der Waals surface area contributed by atoms with E-state index < -0.39 is 10.0 Å². The molecule has 0 aromatic heterocycles. The monoisotopic (exact) mass is 371 g/mol. The second-order valence-corrected chi connectivity index (χ2v) is 6.72. The van der Waals surface area contributed by atoms with Crippen molar-refractivity contribution in [1.82, 2.24) is 0 Å². The minimum Gasteiger partial charge on any atom is -0.497 e. The Labute approximate surface area is 131 Å². The number of hydrogen-bond donors (Lipinski definition) is 2. The van der Waals surface area contributed by atoms with Crippen LogP contribution in [0.3, 0.4) is 0 Å². The summed E-state index contributed by atoms with van der Waals surface area (Å²) >= 11 is 3.29. The average Bonchev–Trinajstić information content (AvgIpc) is 2.49. The quantitative estimate of drug-likeness (QED) is 0.846. The normalized spacial score (nSPS) is 11.2. The smallest absolute Gasteiger partial charge is 0.262 e. The Morgan fingerprint density at radius 3 is 2.62 bits per heavy atom. The van der Waals surface area contributed by atoms with Crippen molar-refractivity contribution in [2.24, 2.45) is 0 Å². The van der Waals surface area contributed by atoms with Crippen LogP contribution in [0.25, 0.3) is 0 Å². The molecular weight excluding hydrogens is 358 g/mol. The first kappa shape index (κ1) is 15.8. The second kappa shape index (κ2) is 6.46. The van der Waals surface area contributed by atoms with Crippen LogP contribution < -0.4 is 9.46 Å². The molecule has 2 aromatic rings. The summed E-state index contributed by atoms with van der Waals surface area (Å²) in [5.74, 6) is 0.534. The lowest BCUT2D eigenvalue weighted by Gasteiger charge is -2.13. The molecular formula is C14H14BrNO4S. The summed E-state index contributed by atoms with van der Waals surface area (Å²) < 4.78 is 33.1. The van der Waals surface area contributed by atoms with E-state index in [0.29, 0.717) is 21.5 Å². The predicted octanol–water partition coefficient (Wildman–Crippen LogP) is 2.75. The van der Waals surface area contributed by atoms with Crippen LogP contribution in [-0.4, -0.2) is 20.6 Å². The maximum absolute atomic E-state index is 12.4. The fourth-order valence-electron chi connectivity index (χ4n) is 1.81. The third kappa shape index (κ3) is 3.55. The molecule has 0 spiro atoms. The number of hydrogen-bond acceptors (Lipinski definition) is 4. The number of anilines is 1. The van der Waals surface area contributed by atoms with Crippen molar-refractivity contribution in [2.45, 2.75) is 11.5 Å². The van der Waals surface area contributed by atoms with E-state index in [1.54, 1.807) is 36.4 Å². The maximum Gasteiger partial charge on any atom is 0.262 e. The number of ether oxygens (including phenoxy) is 1. The molecule has 0 radical (unpaired) electrons. The van der Waals surface area contributed by atoms with E-state index >= 15 is 0 Å².